The Bertz CT molecular complexity index is 356. The number of Topliss-reactive ketones (excluding diaryl/α,β-unsaturated/α-hetero) is 1. The van der Waals surface area contributed by atoms with Gasteiger partial charge in [0, 0.05) is 11.3 Å². The molecule has 4 fully saturated rings. The van der Waals surface area contributed by atoms with Crippen LogP contribution in [0.5, 0.6) is 0 Å². The molecular weight excluding hydrogens is 224 g/mol. The van der Waals surface area contributed by atoms with Crippen LogP contribution in [0.4, 0.5) is 0 Å². The molecule has 4 rings (SSSR count). The quantitative estimate of drug-likeness (QED) is 0.696. The molecule has 0 aliphatic heterocycles. The number of halogens is 1. The Labute approximate surface area is 102 Å². The molecule has 4 saturated carbocycles. The molecule has 0 N–H and O–H groups in total. The number of alkyl halides is 1. The highest BCUT2D eigenvalue weighted by Crippen LogP contribution is 2.65. The van der Waals surface area contributed by atoms with Crippen molar-refractivity contribution in [1.82, 2.24) is 0 Å². The Morgan fingerprint density at radius 1 is 1.31 bits per heavy atom. The fraction of sp³-hybridized carbons (Fsp3) is 0.923. The number of ketones is 1. The largest absolute Gasteiger partial charge is 0.359 e. The van der Waals surface area contributed by atoms with Gasteiger partial charge >= 0.3 is 0 Å². The van der Waals surface area contributed by atoms with Crippen LogP contribution in [0.25, 0.3) is 0 Å². The lowest BCUT2D eigenvalue weighted by Gasteiger charge is -2.63. The lowest BCUT2D eigenvalue weighted by Crippen LogP contribution is -2.63. The van der Waals surface area contributed by atoms with Crippen molar-refractivity contribution in [3.05, 3.63) is 0 Å². The number of hydrogen-bond donors (Lipinski definition) is 0. The molecule has 0 heterocycles. The predicted octanol–water partition coefficient (Wildman–Crippen LogP) is 3.13. The lowest BCUT2D eigenvalue weighted by atomic mass is 9.43. The van der Waals surface area contributed by atoms with Gasteiger partial charge in [0.05, 0.1) is 5.60 Å². The van der Waals surface area contributed by atoms with Crippen molar-refractivity contribution >= 4 is 17.4 Å². The zero-order chi connectivity index (χ0) is 11.6. The fourth-order valence-corrected chi connectivity index (χ4v) is 5.38. The van der Waals surface area contributed by atoms with Gasteiger partial charge in [-0.3, -0.25) is 4.79 Å². The van der Waals surface area contributed by atoms with Gasteiger partial charge in [0.2, 0.25) is 0 Å². The van der Waals surface area contributed by atoms with Gasteiger partial charge in [-0.05, 0) is 37.5 Å². The lowest BCUT2D eigenvalue weighted by molar-refractivity contribution is -0.205. The molecule has 4 aliphatic carbocycles. The van der Waals surface area contributed by atoms with E-state index in [1.807, 2.05) is 0 Å². The molecular formula is C13H19ClO2. The maximum Gasteiger partial charge on any atom is 0.142 e. The van der Waals surface area contributed by atoms with E-state index >= 15 is 0 Å². The van der Waals surface area contributed by atoms with Gasteiger partial charge in [0.15, 0.2) is 0 Å². The van der Waals surface area contributed by atoms with Crippen molar-refractivity contribution in [3.63, 3.8) is 0 Å². The van der Waals surface area contributed by atoms with Gasteiger partial charge in [-0.15, -0.1) is 0 Å². The highest BCUT2D eigenvalue weighted by molar-refractivity contribution is 6.17. The van der Waals surface area contributed by atoms with Gasteiger partial charge in [0.1, 0.15) is 11.8 Å². The van der Waals surface area contributed by atoms with Crippen LogP contribution >= 0.6 is 11.6 Å². The third kappa shape index (κ3) is 1.32. The average Bonchev–Trinajstić information content (AvgIpc) is 2.10. The minimum absolute atomic E-state index is 0.0969. The third-order valence-electron chi connectivity index (χ3n) is 4.96. The standard InChI is InChI=1S/C13H19ClO2/c1-11-3-9-4-13(6-11,16-8-14)7-12(2,5-11)10(9)15/h9H,3-8H2,1-2H3. The maximum absolute atomic E-state index is 12.3. The summed E-state index contributed by atoms with van der Waals surface area (Å²) in [5, 5.41) is 0. The Hall–Kier alpha value is -0.0800. The molecule has 0 saturated heterocycles. The Balaban J connectivity index is 2.01. The van der Waals surface area contributed by atoms with Crippen molar-refractivity contribution in [1.29, 1.82) is 0 Å². The zero-order valence-corrected chi connectivity index (χ0v) is 10.8. The van der Waals surface area contributed by atoms with Crippen molar-refractivity contribution in [2.75, 3.05) is 6.07 Å². The Morgan fingerprint density at radius 2 is 2.06 bits per heavy atom. The first-order valence-corrected chi connectivity index (χ1v) is 6.68. The Kier molecular flexibility index (Phi) is 2.09. The van der Waals surface area contributed by atoms with E-state index in [1.54, 1.807) is 0 Å². The molecule has 4 unspecified atom stereocenters. The first kappa shape index (κ1) is 11.0. The summed E-state index contributed by atoms with van der Waals surface area (Å²) >= 11 is 5.76. The Morgan fingerprint density at radius 3 is 2.69 bits per heavy atom. The van der Waals surface area contributed by atoms with E-state index in [1.165, 1.54) is 0 Å². The number of carbonyl (C=O) groups excluding carboxylic acids is 1. The van der Waals surface area contributed by atoms with E-state index in [-0.39, 0.29) is 23.0 Å². The van der Waals surface area contributed by atoms with E-state index in [0.29, 0.717) is 11.2 Å². The summed E-state index contributed by atoms with van der Waals surface area (Å²) in [5.41, 5.74) is 0.0659. The number of hydrogen-bond acceptors (Lipinski definition) is 2. The monoisotopic (exact) mass is 242 g/mol. The maximum atomic E-state index is 12.3. The van der Waals surface area contributed by atoms with Gasteiger partial charge < -0.3 is 4.74 Å². The molecule has 4 bridgehead atoms. The van der Waals surface area contributed by atoms with Crippen molar-refractivity contribution in [3.8, 4) is 0 Å². The second-order valence-corrected chi connectivity index (χ2v) is 7.03. The smallest absolute Gasteiger partial charge is 0.142 e. The van der Waals surface area contributed by atoms with E-state index in [4.69, 9.17) is 16.3 Å². The van der Waals surface area contributed by atoms with E-state index < -0.39 is 0 Å². The second kappa shape index (κ2) is 3.02. The van der Waals surface area contributed by atoms with Crippen LogP contribution in [-0.4, -0.2) is 17.5 Å². The van der Waals surface area contributed by atoms with Crippen molar-refractivity contribution < 1.29 is 9.53 Å². The molecule has 0 spiro atoms. The van der Waals surface area contributed by atoms with Crippen LogP contribution in [-0.2, 0) is 9.53 Å². The van der Waals surface area contributed by atoms with Crippen molar-refractivity contribution in [2.45, 2.75) is 51.6 Å². The summed E-state index contributed by atoms with van der Waals surface area (Å²) in [4.78, 5) is 12.3. The summed E-state index contributed by atoms with van der Waals surface area (Å²) in [6.07, 6.45) is 4.99. The van der Waals surface area contributed by atoms with Crippen LogP contribution in [0.1, 0.15) is 46.0 Å². The molecule has 3 heteroatoms. The molecule has 16 heavy (non-hydrogen) atoms. The zero-order valence-electron chi connectivity index (χ0n) is 10.0. The van der Waals surface area contributed by atoms with Crippen LogP contribution in [0.15, 0.2) is 0 Å². The van der Waals surface area contributed by atoms with Gasteiger partial charge in [-0.1, -0.05) is 25.4 Å². The average molecular weight is 243 g/mol. The third-order valence-corrected chi connectivity index (χ3v) is 5.07. The first-order valence-electron chi connectivity index (χ1n) is 6.15. The van der Waals surface area contributed by atoms with E-state index in [0.717, 1.165) is 32.1 Å². The minimum atomic E-state index is -0.139. The fourth-order valence-electron chi connectivity index (χ4n) is 5.15. The molecule has 4 aliphatic rings. The molecule has 0 radical (unpaired) electrons. The predicted molar refractivity (Wildman–Crippen MR) is 62.3 cm³/mol. The summed E-state index contributed by atoms with van der Waals surface area (Å²) < 4.78 is 5.83. The van der Waals surface area contributed by atoms with Crippen LogP contribution in [0.3, 0.4) is 0 Å². The molecule has 0 aromatic carbocycles. The second-order valence-electron chi connectivity index (χ2n) is 6.81. The highest BCUT2D eigenvalue weighted by Gasteiger charge is 2.64. The summed E-state index contributed by atoms with van der Waals surface area (Å²) in [7, 11) is 0. The molecule has 0 aromatic heterocycles. The molecule has 0 aromatic rings. The SMILES string of the molecule is CC12CC3CC(OCCl)(C1)CC(C)(C2)C3=O. The van der Waals surface area contributed by atoms with Gasteiger partial charge in [-0.25, -0.2) is 0 Å². The van der Waals surface area contributed by atoms with Gasteiger partial charge in [0.25, 0.3) is 0 Å². The van der Waals surface area contributed by atoms with E-state index in [9.17, 15) is 4.79 Å². The van der Waals surface area contributed by atoms with Crippen LogP contribution in [0, 0.1) is 16.7 Å². The number of rotatable bonds is 2. The summed E-state index contributed by atoms with van der Waals surface area (Å²) in [6.45, 7) is 4.44. The molecule has 2 nitrogen and oxygen atoms in total. The highest BCUT2D eigenvalue weighted by atomic mass is 35.5. The molecule has 90 valence electrons. The minimum Gasteiger partial charge on any atom is -0.359 e. The van der Waals surface area contributed by atoms with Crippen LogP contribution in [0.2, 0.25) is 0 Å². The number of carbonyl (C=O) groups is 1. The van der Waals surface area contributed by atoms with Crippen LogP contribution < -0.4 is 0 Å². The first-order chi connectivity index (χ1) is 7.40. The van der Waals surface area contributed by atoms with E-state index in [2.05, 4.69) is 13.8 Å². The molecule has 0 amide bonds. The molecule has 4 atom stereocenters. The number of ether oxygens (including phenoxy) is 1. The summed E-state index contributed by atoms with van der Waals surface area (Å²) in [6, 6.07) is 0.257. The summed E-state index contributed by atoms with van der Waals surface area (Å²) in [5.74, 6) is 0.716. The van der Waals surface area contributed by atoms with Crippen molar-refractivity contribution in [2.24, 2.45) is 16.7 Å². The topological polar surface area (TPSA) is 26.3 Å². The normalized spacial score (nSPS) is 54.7. The van der Waals surface area contributed by atoms with Gasteiger partial charge in [-0.2, -0.15) is 0 Å².